The van der Waals surface area contributed by atoms with Gasteiger partial charge in [0.25, 0.3) is 0 Å². The highest BCUT2D eigenvalue weighted by Crippen LogP contribution is 2.50. The summed E-state index contributed by atoms with van der Waals surface area (Å²) in [6.45, 7) is 4.12. The lowest BCUT2D eigenvalue weighted by Crippen LogP contribution is -2.60. The van der Waals surface area contributed by atoms with Gasteiger partial charge in [-0.05, 0) is 53.8 Å². The molecule has 1 saturated heterocycles. The normalized spacial score (nSPS) is 18.1. The molecule has 37 heavy (non-hydrogen) atoms. The molecule has 3 atom stereocenters. The Kier molecular flexibility index (Phi) is 6.80. The lowest BCUT2D eigenvalue weighted by Gasteiger charge is -2.53. The van der Waals surface area contributed by atoms with Crippen molar-refractivity contribution in [3.63, 3.8) is 0 Å². The largest absolute Gasteiger partial charge is 0.423 e. The number of benzene rings is 3. The van der Waals surface area contributed by atoms with Crippen molar-refractivity contribution in [2.75, 3.05) is 6.54 Å². The van der Waals surface area contributed by atoms with Gasteiger partial charge in [0.05, 0.1) is 17.6 Å². The van der Waals surface area contributed by atoms with Crippen molar-refractivity contribution in [1.29, 1.82) is 5.26 Å². The number of nitriles is 1. The summed E-state index contributed by atoms with van der Waals surface area (Å²) >= 11 is 6.18. The number of alkyl halides is 1. The van der Waals surface area contributed by atoms with Crippen molar-refractivity contribution in [3.8, 4) is 17.5 Å². The van der Waals surface area contributed by atoms with Gasteiger partial charge in [0.1, 0.15) is 11.9 Å². The van der Waals surface area contributed by atoms with Gasteiger partial charge in [-0.25, -0.2) is 8.78 Å². The van der Waals surface area contributed by atoms with E-state index in [-0.39, 0.29) is 17.2 Å². The highest BCUT2D eigenvalue weighted by molar-refractivity contribution is 6.30. The van der Waals surface area contributed by atoms with Crippen LogP contribution in [-0.2, 0) is 5.67 Å². The molecule has 0 N–H and O–H groups in total. The zero-order chi connectivity index (χ0) is 26.2. The van der Waals surface area contributed by atoms with E-state index in [9.17, 15) is 5.26 Å². The lowest BCUT2D eigenvalue weighted by molar-refractivity contribution is -0.0865. The maximum absolute atomic E-state index is 17.2. The molecule has 4 aromatic rings. The molecule has 1 unspecified atom stereocenters. The van der Waals surface area contributed by atoms with Crippen LogP contribution in [0.15, 0.2) is 77.5 Å². The number of aromatic nitrogens is 2. The Hall–Kier alpha value is -3.60. The Morgan fingerprint density at radius 3 is 2.49 bits per heavy atom. The molecule has 0 amide bonds. The van der Waals surface area contributed by atoms with Gasteiger partial charge in [-0.15, -0.1) is 10.2 Å². The fourth-order valence-electron chi connectivity index (χ4n) is 5.32. The summed E-state index contributed by atoms with van der Waals surface area (Å²) in [5.41, 5.74) is 0.311. The number of rotatable bonds is 7. The summed E-state index contributed by atoms with van der Waals surface area (Å²) in [6, 6.07) is 20.4. The first-order chi connectivity index (χ1) is 17.8. The molecule has 8 heteroatoms. The number of halogens is 3. The van der Waals surface area contributed by atoms with Crippen LogP contribution in [0.3, 0.4) is 0 Å². The molecule has 5 rings (SSSR count). The molecule has 1 aliphatic rings. The van der Waals surface area contributed by atoms with Gasteiger partial charge in [-0.2, -0.15) is 5.26 Å². The molecule has 2 heterocycles. The number of likely N-dealkylation sites (tertiary alicyclic amines) is 1. The maximum atomic E-state index is 17.2. The van der Waals surface area contributed by atoms with E-state index >= 15 is 8.78 Å². The van der Waals surface area contributed by atoms with Crippen molar-refractivity contribution in [2.45, 2.75) is 38.0 Å². The van der Waals surface area contributed by atoms with Gasteiger partial charge in [0.2, 0.25) is 12.3 Å². The summed E-state index contributed by atoms with van der Waals surface area (Å²) in [5, 5.41) is 17.8. The fraction of sp³-hybridized carbons (Fsp3) is 0.276. The molecular formula is C29H25ClF2N4O. The van der Waals surface area contributed by atoms with E-state index in [2.05, 4.69) is 15.1 Å². The van der Waals surface area contributed by atoms with E-state index in [4.69, 9.17) is 16.0 Å². The van der Waals surface area contributed by atoms with E-state index in [1.54, 1.807) is 19.9 Å². The van der Waals surface area contributed by atoms with E-state index in [0.717, 1.165) is 16.7 Å². The van der Waals surface area contributed by atoms with Crippen LogP contribution >= 0.6 is 11.6 Å². The Morgan fingerprint density at radius 2 is 1.86 bits per heavy atom. The third kappa shape index (κ3) is 4.41. The Bertz CT molecular complexity index is 1440. The molecule has 0 spiro atoms. The Balaban J connectivity index is 1.62. The van der Waals surface area contributed by atoms with E-state index in [0.29, 0.717) is 23.9 Å². The van der Waals surface area contributed by atoms with Crippen molar-refractivity contribution in [2.24, 2.45) is 5.92 Å². The third-order valence-electron chi connectivity index (χ3n) is 7.24. The molecule has 1 aromatic heterocycles. The monoisotopic (exact) mass is 518 g/mol. The van der Waals surface area contributed by atoms with E-state index in [1.165, 1.54) is 18.5 Å². The summed E-state index contributed by atoms with van der Waals surface area (Å²) in [7, 11) is 0. The van der Waals surface area contributed by atoms with Crippen LogP contribution in [0.2, 0.25) is 5.02 Å². The van der Waals surface area contributed by atoms with Crippen LogP contribution in [-0.4, -0.2) is 27.7 Å². The van der Waals surface area contributed by atoms with Gasteiger partial charge in [0, 0.05) is 22.7 Å². The average Bonchev–Trinajstić information content (AvgIpc) is 3.42. The maximum Gasteiger partial charge on any atom is 0.247 e. The van der Waals surface area contributed by atoms with E-state index in [1.807, 2.05) is 54.6 Å². The van der Waals surface area contributed by atoms with Crippen molar-refractivity contribution < 1.29 is 13.2 Å². The molecule has 0 bridgehead atoms. The Labute approximate surface area is 219 Å². The Morgan fingerprint density at radius 1 is 1.11 bits per heavy atom. The molecule has 0 saturated carbocycles. The smallest absolute Gasteiger partial charge is 0.247 e. The summed E-state index contributed by atoms with van der Waals surface area (Å²) in [6.07, 6.45) is 1.81. The first-order valence-electron chi connectivity index (χ1n) is 12.1. The molecule has 188 valence electrons. The molecule has 5 nitrogen and oxygen atoms in total. The third-order valence-corrected chi connectivity index (χ3v) is 7.50. The van der Waals surface area contributed by atoms with Crippen LogP contribution in [0, 0.1) is 23.1 Å². The quantitative estimate of drug-likeness (QED) is 0.261. The second-order valence-electron chi connectivity index (χ2n) is 9.57. The average molecular weight is 519 g/mol. The fourth-order valence-corrected chi connectivity index (χ4v) is 5.44. The second-order valence-corrected chi connectivity index (χ2v) is 10.0. The molecule has 1 aliphatic heterocycles. The number of hydrogen-bond donors (Lipinski definition) is 0. The van der Waals surface area contributed by atoms with Gasteiger partial charge in [0.15, 0.2) is 5.67 Å². The van der Waals surface area contributed by atoms with Crippen LogP contribution < -0.4 is 0 Å². The minimum Gasteiger partial charge on any atom is -0.423 e. The predicted octanol–water partition coefficient (Wildman–Crippen LogP) is 7.09. The number of hydrogen-bond acceptors (Lipinski definition) is 5. The van der Waals surface area contributed by atoms with Crippen LogP contribution in [0.1, 0.15) is 48.6 Å². The molecule has 1 fully saturated rings. The van der Waals surface area contributed by atoms with Gasteiger partial charge in [-0.3, -0.25) is 4.90 Å². The van der Waals surface area contributed by atoms with Gasteiger partial charge in [-0.1, -0.05) is 61.8 Å². The first-order valence-corrected chi connectivity index (χ1v) is 12.5. The molecule has 0 radical (unpaired) electrons. The predicted molar refractivity (Wildman–Crippen MR) is 137 cm³/mol. The van der Waals surface area contributed by atoms with Crippen LogP contribution in [0.5, 0.6) is 0 Å². The zero-order valence-electron chi connectivity index (χ0n) is 20.4. The molecular weight excluding hydrogens is 494 g/mol. The minimum atomic E-state index is -2.02. The number of nitrogens with zero attached hydrogens (tertiary/aromatic N) is 4. The van der Waals surface area contributed by atoms with Crippen LogP contribution in [0.4, 0.5) is 8.78 Å². The van der Waals surface area contributed by atoms with Crippen molar-refractivity contribution in [3.05, 3.63) is 106 Å². The first kappa shape index (κ1) is 25.1. The molecule has 3 aromatic carbocycles. The highest BCUT2D eigenvalue weighted by Gasteiger charge is 2.53. The SMILES string of the molecule is CC(C)[C@](F)(c1cccc(C#N)c1F)C1CCN1[C@@H](c1ccc(Cl)cc1)c1cccc(-c2nnco2)c1. The lowest BCUT2D eigenvalue weighted by atomic mass is 9.72. The van der Waals surface area contributed by atoms with Gasteiger partial charge < -0.3 is 4.42 Å². The van der Waals surface area contributed by atoms with Crippen molar-refractivity contribution in [1.82, 2.24) is 15.1 Å². The van der Waals surface area contributed by atoms with Crippen molar-refractivity contribution >= 4 is 11.6 Å². The molecule has 0 aliphatic carbocycles. The van der Waals surface area contributed by atoms with Gasteiger partial charge >= 0.3 is 0 Å². The summed E-state index contributed by atoms with van der Waals surface area (Å²) < 4.78 is 38.0. The zero-order valence-corrected chi connectivity index (χ0v) is 21.2. The second kappa shape index (κ2) is 10.0. The minimum absolute atomic E-state index is 0.0780. The topological polar surface area (TPSA) is 66.0 Å². The summed E-state index contributed by atoms with van der Waals surface area (Å²) in [4.78, 5) is 2.06. The highest BCUT2D eigenvalue weighted by atomic mass is 35.5. The van der Waals surface area contributed by atoms with E-state index < -0.39 is 23.4 Å². The summed E-state index contributed by atoms with van der Waals surface area (Å²) in [5.74, 6) is -0.955. The standard InChI is InChI=1S/C29H25ClF2N4O/c1-18(2)29(32,24-8-4-7-22(16-33)26(24)31)25-13-14-36(25)27(19-9-11-23(30)12-10-19)20-5-3-6-21(15-20)28-35-34-17-37-28/h3-12,15,17-18,25,27H,13-14H2,1-2H3/t25?,27-,29-/m0/s1. The van der Waals surface area contributed by atoms with Crippen LogP contribution in [0.25, 0.3) is 11.5 Å².